The molecule has 6 heteroatoms. The summed E-state index contributed by atoms with van der Waals surface area (Å²) in [5, 5.41) is 5.12. The maximum Gasteiger partial charge on any atom is 0.341 e. The Morgan fingerprint density at radius 1 is 1.07 bits per heavy atom. The molecule has 0 spiro atoms. The second-order valence-electron chi connectivity index (χ2n) is 6.91. The van der Waals surface area contributed by atoms with Crippen molar-refractivity contribution in [1.29, 1.82) is 0 Å². The smallest absolute Gasteiger partial charge is 0.341 e. The number of rotatable bonds is 8. The molecule has 0 fully saturated rings. The molecule has 0 bridgehead atoms. The standard InChI is InChI=1S/C24H25NO4S/c1-4-29-24(27)22-20(18-8-6-5-7-9-18)15-30-23(22)25-21(26)14-28-13-19-11-10-16(2)12-17(19)3/h5-12,15H,4,13-14H2,1-3H3,(H,25,26). The van der Waals surface area contributed by atoms with E-state index >= 15 is 0 Å². The molecule has 3 aromatic rings. The zero-order valence-corrected chi connectivity index (χ0v) is 18.2. The minimum absolute atomic E-state index is 0.103. The Labute approximate surface area is 180 Å². The van der Waals surface area contributed by atoms with Gasteiger partial charge >= 0.3 is 5.97 Å². The largest absolute Gasteiger partial charge is 0.462 e. The van der Waals surface area contributed by atoms with Gasteiger partial charge in [0.25, 0.3) is 5.91 Å². The Kier molecular flexibility index (Phi) is 7.38. The van der Waals surface area contributed by atoms with Crippen molar-refractivity contribution in [2.24, 2.45) is 0 Å². The first-order chi connectivity index (χ1) is 14.5. The van der Waals surface area contributed by atoms with Crippen LogP contribution in [0.25, 0.3) is 11.1 Å². The summed E-state index contributed by atoms with van der Waals surface area (Å²) < 4.78 is 10.8. The maximum absolute atomic E-state index is 12.6. The summed E-state index contributed by atoms with van der Waals surface area (Å²) >= 11 is 1.30. The zero-order chi connectivity index (χ0) is 21.5. The number of hydrogen-bond acceptors (Lipinski definition) is 5. The van der Waals surface area contributed by atoms with Crippen LogP contribution in [0, 0.1) is 13.8 Å². The molecule has 0 saturated heterocycles. The topological polar surface area (TPSA) is 64.6 Å². The number of carbonyl (C=O) groups excluding carboxylic acids is 2. The van der Waals surface area contributed by atoms with Crippen LogP contribution in [-0.4, -0.2) is 25.1 Å². The fraction of sp³-hybridized carbons (Fsp3) is 0.250. The molecule has 0 unspecified atom stereocenters. The highest BCUT2D eigenvalue weighted by Gasteiger charge is 2.22. The predicted octanol–water partition coefficient (Wildman–Crippen LogP) is 5.36. The monoisotopic (exact) mass is 423 g/mol. The average Bonchev–Trinajstić information content (AvgIpc) is 3.14. The first-order valence-corrected chi connectivity index (χ1v) is 10.6. The van der Waals surface area contributed by atoms with E-state index in [1.54, 1.807) is 6.92 Å². The zero-order valence-electron chi connectivity index (χ0n) is 17.4. The van der Waals surface area contributed by atoms with Crippen molar-refractivity contribution >= 4 is 28.2 Å². The van der Waals surface area contributed by atoms with Gasteiger partial charge in [-0.15, -0.1) is 11.3 Å². The van der Waals surface area contributed by atoms with Crippen LogP contribution < -0.4 is 5.32 Å². The van der Waals surface area contributed by atoms with Crippen LogP contribution >= 0.6 is 11.3 Å². The molecular weight excluding hydrogens is 398 g/mol. The minimum atomic E-state index is -0.455. The molecule has 1 aromatic heterocycles. The molecule has 5 nitrogen and oxygen atoms in total. The van der Waals surface area contributed by atoms with Gasteiger partial charge in [-0.3, -0.25) is 4.79 Å². The lowest BCUT2D eigenvalue weighted by molar-refractivity contribution is -0.121. The summed E-state index contributed by atoms with van der Waals surface area (Å²) in [6.45, 7) is 6.32. The quantitative estimate of drug-likeness (QED) is 0.495. The van der Waals surface area contributed by atoms with Gasteiger partial charge in [0.1, 0.15) is 17.2 Å². The summed E-state index contributed by atoms with van der Waals surface area (Å²) in [7, 11) is 0. The molecule has 30 heavy (non-hydrogen) atoms. The van der Waals surface area contributed by atoms with Crippen molar-refractivity contribution in [3.8, 4) is 11.1 Å². The molecule has 3 rings (SSSR count). The van der Waals surface area contributed by atoms with E-state index in [1.165, 1.54) is 16.9 Å². The Morgan fingerprint density at radius 2 is 1.83 bits per heavy atom. The van der Waals surface area contributed by atoms with Gasteiger partial charge in [0.15, 0.2) is 0 Å². The number of esters is 1. The van der Waals surface area contributed by atoms with Crippen LogP contribution in [0.4, 0.5) is 5.00 Å². The highest BCUT2D eigenvalue weighted by molar-refractivity contribution is 7.15. The molecule has 0 radical (unpaired) electrons. The van der Waals surface area contributed by atoms with E-state index in [4.69, 9.17) is 9.47 Å². The summed E-state index contributed by atoms with van der Waals surface area (Å²) in [4.78, 5) is 25.0. The Balaban J connectivity index is 1.70. The molecule has 2 aromatic carbocycles. The van der Waals surface area contributed by atoms with Gasteiger partial charge < -0.3 is 14.8 Å². The third-order valence-electron chi connectivity index (χ3n) is 4.60. The SMILES string of the molecule is CCOC(=O)c1c(-c2ccccc2)csc1NC(=O)COCc1ccc(C)cc1C. The average molecular weight is 424 g/mol. The number of amides is 1. The van der Waals surface area contributed by atoms with Crippen LogP contribution in [-0.2, 0) is 20.9 Å². The molecule has 0 saturated carbocycles. The predicted molar refractivity (Wildman–Crippen MR) is 120 cm³/mol. The third kappa shape index (κ3) is 5.34. The molecule has 0 aliphatic heterocycles. The number of carbonyl (C=O) groups is 2. The van der Waals surface area contributed by atoms with E-state index in [9.17, 15) is 9.59 Å². The lowest BCUT2D eigenvalue weighted by Gasteiger charge is -2.10. The first kappa shape index (κ1) is 21.7. The Hall–Kier alpha value is -2.96. The molecule has 1 heterocycles. The van der Waals surface area contributed by atoms with E-state index < -0.39 is 5.97 Å². The van der Waals surface area contributed by atoms with Crippen molar-refractivity contribution in [1.82, 2.24) is 0 Å². The van der Waals surface area contributed by atoms with Crippen molar-refractivity contribution < 1.29 is 19.1 Å². The lowest BCUT2D eigenvalue weighted by atomic mass is 10.0. The highest BCUT2D eigenvalue weighted by Crippen LogP contribution is 2.36. The molecule has 0 aliphatic carbocycles. The summed E-state index contributed by atoms with van der Waals surface area (Å²) in [6, 6.07) is 15.7. The normalized spacial score (nSPS) is 10.6. The summed E-state index contributed by atoms with van der Waals surface area (Å²) in [5.74, 6) is -0.768. The number of ether oxygens (including phenoxy) is 2. The van der Waals surface area contributed by atoms with E-state index in [1.807, 2.05) is 61.7 Å². The van der Waals surface area contributed by atoms with Crippen molar-refractivity contribution in [2.45, 2.75) is 27.4 Å². The molecule has 0 atom stereocenters. The summed E-state index contributed by atoms with van der Waals surface area (Å²) in [6.07, 6.45) is 0. The van der Waals surface area contributed by atoms with Crippen molar-refractivity contribution in [2.75, 3.05) is 18.5 Å². The second kappa shape index (κ2) is 10.2. The highest BCUT2D eigenvalue weighted by atomic mass is 32.1. The fourth-order valence-electron chi connectivity index (χ4n) is 3.11. The number of anilines is 1. The lowest BCUT2D eigenvalue weighted by Crippen LogP contribution is -2.19. The van der Waals surface area contributed by atoms with Gasteiger partial charge in [-0.25, -0.2) is 4.79 Å². The number of nitrogens with one attached hydrogen (secondary N) is 1. The molecule has 0 aliphatic rings. The molecule has 1 N–H and O–H groups in total. The van der Waals surface area contributed by atoms with Gasteiger partial charge in [-0.1, -0.05) is 54.1 Å². The molecule has 1 amide bonds. The van der Waals surface area contributed by atoms with Gasteiger partial charge in [-0.05, 0) is 37.5 Å². The van der Waals surface area contributed by atoms with E-state index in [0.29, 0.717) is 17.2 Å². The number of aryl methyl sites for hydroxylation is 2. The molecule has 156 valence electrons. The van der Waals surface area contributed by atoms with E-state index in [0.717, 1.165) is 22.3 Å². The van der Waals surface area contributed by atoms with Crippen LogP contribution in [0.5, 0.6) is 0 Å². The van der Waals surface area contributed by atoms with Crippen LogP contribution in [0.15, 0.2) is 53.9 Å². The van der Waals surface area contributed by atoms with Crippen LogP contribution in [0.2, 0.25) is 0 Å². The van der Waals surface area contributed by atoms with Gasteiger partial charge in [0.2, 0.25) is 0 Å². The molecular formula is C24H25NO4S. The first-order valence-electron chi connectivity index (χ1n) is 9.77. The van der Waals surface area contributed by atoms with E-state index in [-0.39, 0.29) is 19.1 Å². The number of thiophene rings is 1. The number of hydrogen-bond donors (Lipinski definition) is 1. The second-order valence-corrected chi connectivity index (χ2v) is 7.79. The van der Waals surface area contributed by atoms with Crippen LogP contribution in [0.3, 0.4) is 0 Å². The van der Waals surface area contributed by atoms with Crippen molar-refractivity contribution in [3.63, 3.8) is 0 Å². The Morgan fingerprint density at radius 3 is 2.53 bits per heavy atom. The number of benzene rings is 2. The van der Waals surface area contributed by atoms with E-state index in [2.05, 4.69) is 11.4 Å². The Bertz CT molecular complexity index is 1030. The van der Waals surface area contributed by atoms with Gasteiger partial charge in [0, 0.05) is 10.9 Å². The van der Waals surface area contributed by atoms with Gasteiger partial charge in [-0.2, -0.15) is 0 Å². The van der Waals surface area contributed by atoms with Crippen molar-refractivity contribution in [3.05, 3.63) is 76.2 Å². The fourth-order valence-corrected chi connectivity index (χ4v) is 4.08. The van der Waals surface area contributed by atoms with Gasteiger partial charge in [0.05, 0.1) is 13.2 Å². The third-order valence-corrected chi connectivity index (χ3v) is 5.49. The maximum atomic E-state index is 12.6. The summed E-state index contributed by atoms with van der Waals surface area (Å²) in [5.41, 5.74) is 5.37. The van der Waals surface area contributed by atoms with Crippen LogP contribution in [0.1, 0.15) is 34.0 Å². The minimum Gasteiger partial charge on any atom is -0.462 e.